The highest BCUT2D eigenvalue weighted by molar-refractivity contribution is 7.88. The van der Waals surface area contributed by atoms with Crippen LogP contribution < -0.4 is 25.1 Å². The third-order valence-corrected chi connectivity index (χ3v) is 5.06. The smallest absolute Gasteiger partial charge is 0.439 e. The highest BCUT2D eigenvalue weighted by Crippen LogP contribution is 2.27. The zero-order valence-electron chi connectivity index (χ0n) is 17.3. The Morgan fingerprint density at radius 1 is 1.06 bits per heavy atom. The van der Waals surface area contributed by atoms with Crippen LogP contribution in [0, 0.1) is 0 Å². The summed E-state index contributed by atoms with van der Waals surface area (Å²) >= 11 is 6.11. The summed E-state index contributed by atoms with van der Waals surface area (Å²) in [4.78, 5) is 16.6. The highest BCUT2D eigenvalue weighted by Gasteiger charge is 2.31. The SMILES string of the molecule is CS(=O)(=O)NCCNc1cnn(-c2ccc(Oc3ccc(OC(F)(F)F)cc3)nc2)c(=O)c1Cl. The number of pyridine rings is 1. The maximum Gasteiger partial charge on any atom is 0.573 e. The highest BCUT2D eigenvalue weighted by atomic mass is 35.5. The number of sulfonamides is 1. The van der Waals surface area contributed by atoms with Crippen LogP contribution in [0.2, 0.25) is 5.02 Å². The molecule has 0 saturated heterocycles. The van der Waals surface area contributed by atoms with E-state index in [0.29, 0.717) is 0 Å². The summed E-state index contributed by atoms with van der Waals surface area (Å²) in [5.74, 6) is -0.0620. The van der Waals surface area contributed by atoms with E-state index in [1.165, 1.54) is 36.7 Å². The summed E-state index contributed by atoms with van der Waals surface area (Å²) in [6.07, 6.45) is -1.17. The number of rotatable bonds is 9. The van der Waals surface area contributed by atoms with E-state index in [4.69, 9.17) is 16.3 Å². The second-order valence-electron chi connectivity index (χ2n) is 6.66. The number of anilines is 1. The van der Waals surface area contributed by atoms with Gasteiger partial charge in [-0.2, -0.15) is 9.78 Å². The molecule has 10 nitrogen and oxygen atoms in total. The summed E-state index contributed by atoms with van der Waals surface area (Å²) in [6.45, 7) is 0.260. The summed E-state index contributed by atoms with van der Waals surface area (Å²) < 4.78 is 71.3. The van der Waals surface area contributed by atoms with Gasteiger partial charge in [0.15, 0.2) is 0 Å². The van der Waals surface area contributed by atoms with Crippen LogP contribution in [0.1, 0.15) is 0 Å². The van der Waals surface area contributed by atoms with Gasteiger partial charge in [0.1, 0.15) is 16.5 Å². The third kappa shape index (κ3) is 7.33. The molecule has 0 atom stereocenters. The molecule has 0 amide bonds. The van der Waals surface area contributed by atoms with Gasteiger partial charge in [0.25, 0.3) is 5.56 Å². The van der Waals surface area contributed by atoms with Gasteiger partial charge < -0.3 is 14.8 Å². The van der Waals surface area contributed by atoms with Crippen LogP contribution in [-0.4, -0.2) is 48.9 Å². The molecule has 1 aromatic carbocycles. The van der Waals surface area contributed by atoms with Crippen LogP contribution in [0.5, 0.6) is 17.4 Å². The monoisotopic (exact) mass is 519 g/mol. The molecule has 3 rings (SSSR count). The lowest BCUT2D eigenvalue weighted by atomic mass is 10.3. The fourth-order valence-electron chi connectivity index (χ4n) is 2.56. The number of ether oxygens (including phenoxy) is 2. The minimum Gasteiger partial charge on any atom is -0.439 e. The zero-order valence-corrected chi connectivity index (χ0v) is 18.9. The Labute approximate surface area is 196 Å². The molecule has 2 heterocycles. The van der Waals surface area contributed by atoms with Crippen LogP contribution >= 0.6 is 11.6 Å². The van der Waals surface area contributed by atoms with Crippen molar-refractivity contribution in [2.45, 2.75) is 6.36 Å². The minimum absolute atomic E-state index is 0.0850. The summed E-state index contributed by atoms with van der Waals surface area (Å²) in [7, 11) is -3.34. The van der Waals surface area contributed by atoms with Gasteiger partial charge in [0, 0.05) is 19.2 Å². The first-order chi connectivity index (χ1) is 15.9. The molecule has 0 saturated carbocycles. The number of nitrogens with one attached hydrogen (secondary N) is 2. The maximum absolute atomic E-state index is 12.6. The second-order valence-corrected chi connectivity index (χ2v) is 8.87. The molecule has 0 spiro atoms. The van der Waals surface area contributed by atoms with Crippen LogP contribution in [0.4, 0.5) is 18.9 Å². The van der Waals surface area contributed by atoms with E-state index < -0.39 is 27.7 Å². The number of hydrogen-bond donors (Lipinski definition) is 2. The predicted octanol–water partition coefficient (Wildman–Crippen LogP) is 2.93. The summed E-state index contributed by atoms with van der Waals surface area (Å²) in [5.41, 5.74) is -0.138. The van der Waals surface area contributed by atoms with Crippen molar-refractivity contribution in [2.24, 2.45) is 0 Å². The van der Waals surface area contributed by atoms with Gasteiger partial charge in [-0.1, -0.05) is 11.6 Å². The van der Waals surface area contributed by atoms with Crippen molar-refractivity contribution in [3.05, 3.63) is 64.2 Å². The lowest BCUT2D eigenvalue weighted by Crippen LogP contribution is -2.28. The number of aromatic nitrogens is 3. The number of benzene rings is 1. The fraction of sp³-hybridized carbons (Fsp3) is 0.211. The molecular formula is C19H17ClF3N5O5S. The first kappa shape index (κ1) is 25.3. The van der Waals surface area contributed by atoms with Gasteiger partial charge in [-0.25, -0.2) is 18.1 Å². The van der Waals surface area contributed by atoms with Gasteiger partial charge in [-0.05, 0) is 30.3 Å². The Hall–Kier alpha value is -3.36. The fourth-order valence-corrected chi connectivity index (χ4v) is 3.23. The molecule has 182 valence electrons. The Balaban J connectivity index is 1.66. The minimum atomic E-state index is -4.79. The van der Waals surface area contributed by atoms with E-state index in [0.717, 1.165) is 23.1 Å². The van der Waals surface area contributed by atoms with Crippen molar-refractivity contribution in [1.29, 1.82) is 0 Å². The van der Waals surface area contributed by atoms with Crippen LogP contribution in [0.15, 0.2) is 53.6 Å². The van der Waals surface area contributed by atoms with Crippen molar-refractivity contribution in [3.8, 4) is 23.1 Å². The lowest BCUT2D eigenvalue weighted by molar-refractivity contribution is -0.274. The molecule has 0 aliphatic heterocycles. The predicted molar refractivity (Wildman–Crippen MR) is 117 cm³/mol. The quantitative estimate of drug-likeness (QED) is 0.413. The van der Waals surface area contributed by atoms with Crippen molar-refractivity contribution in [2.75, 3.05) is 24.7 Å². The second kappa shape index (κ2) is 10.3. The van der Waals surface area contributed by atoms with Crippen molar-refractivity contribution in [3.63, 3.8) is 0 Å². The van der Waals surface area contributed by atoms with Crippen molar-refractivity contribution in [1.82, 2.24) is 19.5 Å². The normalized spacial score (nSPS) is 11.8. The molecular weight excluding hydrogens is 503 g/mol. The number of halogens is 4. The molecule has 2 aromatic heterocycles. The van der Waals surface area contributed by atoms with E-state index >= 15 is 0 Å². The van der Waals surface area contributed by atoms with E-state index in [1.807, 2.05) is 0 Å². The number of alkyl halides is 3. The van der Waals surface area contributed by atoms with Gasteiger partial charge in [-0.15, -0.1) is 13.2 Å². The van der Waals surface area contributed by atoms with E-state index in [1.54, 1.807) is 0 Å². The first-order valence-electron chi connectivity index (χ1n) is 9.38. The Morgan fingerprint density at radius 3 is 2.32 bits per heavy atom. The Morgan fingerprint density at radius 2 is 1.74 bits per heavy atom. The molecule has 15 heteroatoms. The molecule has 0 aliphatic rings. The lowest BCUT2D eigenvalue weighted by Gasteiger charge is -2.11. The van der Waals surface area contributed by atoms with Crippen LogP contribution in [0.3, 0.4) is 0 Å². The topological polar surface area (TPSA) is 124 Å². The molecule has 0 radical (unpaired) electrons. The molecule has 0 aliphatic carbocycles. The average Bonchev–Trinajstić information content (AvgIpc) is 2.74. The average molecular weight is 520 g/mol. The van der Waals surface area contributed by atoms with Gasteiger partial charge in [-0.3, -0.25) is 4.79 Å². The number of hydrogen-bond acceptors (Lipinski definition) is 8. The third-order valence-electron chi connectivity index (χ3n) is 3.97. The Kier molecular flexibility index (Phi) is 7.64. The van der Waals surface area contributed by atoms with E-state index in [-0.39, 0.29) is 41.1 Å². The molecule has 3 aromatic rings. The standard InChI is InChI=1S/C19H17ClF3N5O5S/c1-34(30,31)27-9-8-24-15-11-26-28(18(29)17(15)20)12-2-7-16(25-10-12)32-13-3-5-14(6-4-13)33-19(21,22)23/h2-7,10-11,24,27H,8-9H2,1H3. The van der Waals surface area contributed by atoms with Gasteiger partial charge in [0.2, 0.25) is 15.9 Å². The van der Waals surface area contributed by atoms with Gasteiger partial charge >= 0.3 is 6.36 Å². The van der Waals surface area contributed by atoms with Crippen LogP contribution in [0.25, 0.3) is 5.69 Å². The molecule has 0 fully saturated rings. The van der Waals surface area contributed by atoms with Crippen molar-refractivity contribution < 1.29 is 31.1 Å². The number of nitrogens with zero attached hydrogens (tertiary/aromatic N) is 3. The summed E-state index contributed by atoms with van der Waals surface area (Å²) in [5, 5.41) is 6.68. The first-order valence-corrected chi connectivity index (χ1v) is 11.6. The Bertz CT molecular complexity index is 1300. The molecule has 34 heavy (non-hydrogen) atoms. The van der Waals surface area contributed by atoms with Crippen LogP contribution in [-0.2, 0) is 10.0 Å². The van der Waals surface area contributed by atoms with E-state index in [9.17, 15) is 26.4 Å². The summed E-state index contributed by atoms with van der Waals surface area (Å²) in [6, 6.07) is 7.65. The van der Waals surface area contributed by atoms with E-state index in [2.05, 4.69) is 24.9 Å². The zero-order chi connectivity index (χ0) is 24.9. The molecule has 0 bridgehead atoms. The van der Waals surface area contributed by atoms with Gasteiger partial charge in [0.05, 0.1) is 30.0 Å². The molecule has 2 N–H and O–H groups in total. The largest absolute Gasteiger partial charge is 0.573 e. The van der Waals surface area contributed by atoms with Crippen molar-refractivity contribution >= 4 is 27.3 Å². The molecule has 0 unspecified atom stereocenters. The maximum atomic E-state index is 12.6.